The number of halogens is 1. The molecular formula is C3H3BrO3. The van der Waals surface area contributed by atoms with Crippen LogP contribution in [-0.2, 0) is 9.59 Å². The number of hydrogen-bond acceptors (Lipinski definition) is 2. The van der Waals surface area contributed by atoms with Gasteiger partial charge in [-0.1, -0.05) is 15.9 Å². The van der Waals surface area contributed by atoms with Crippen LogP contribution in [-0.4, -0.2) is 22.2 Å². The number of hydrogen-bond donors (Lipinski definition) is 1. The number of carbonyl (C=O) groups excluding carboxylic acids is 1. The SMILES string of the molecule is O=CC(Br)C(=O)O. The molecule has 0 radical (unpaired) electrons. The van der Waals surface area contributed by atoms with Crippen molar-refractivity contribution >= 4 is 28.2 Å². The predicted molar refractivity (Wildman–Crippen MR) is 26.4 cm³/mol. The topological polar surface area (TPSA) is 54.4 Å². The van der Waals surface area contributed by atoms with Gasteiger partial charge in [0.1, 0.15) is 6.29 Å². The van der Waals surface area contributed by atoms with Crippen molar-refractivity contribution in [2.45, 2.75) is 4.83 Å². The number of carboxylic acids is 1. The van der Waals surface area contributed by atoms with Crippen molar-refractivity contribution in [2.75, 3.05) is 0 Å². The minimum atomic E-state index is -1.16. The lowest BCUT2D eigenvalue weighted by Gasteiger charge is -1.86. The fourth-order valence-corrected chi connectivity index (χ4v) is 0.0582. The summed E-state index contributed by atoms with van der Waals surface area (Å²) in [5, 5.41) is 7.90. The number of alkyl halides is 1. The highest BCUT2D eigenvalue weighted by molar-refractivity contribution is 9.10. The van der Waals surface area contributed by atoms with Crippen molar-refractivity contribution in [3.05, 3.63) is 0 Å². The lowest BCUT2D eigenvalue weighted by molar-refractivity contribution is -0.137. The zero-order valence-corrected chi connectivity index (χ0v) is 4.88. The van der Waals surface area contributed by atoms with Crippen LogP contribution in [0.2, 0.25) is 0 Å². The molecule has 3 nitrogen and oxygen atoms in total. The molecule has 1 unspecified atom stereocenters. The molecule has 7 heavy (non-hydrogen) atoms. The van der Waals surface area contributed by atoms with E-state index in [0.717, 1.165) is 0 Å². The molecule has 40 valence electrons. The molecule has 0 rings (SSSR count). The van der Waals surface area contributed by atoms with Gasteiger partial charge in [0.2, 0.25) is 0 Å². The molecule has 0 aliphatic rings. The Morgan fingerprint density at radius 1 is 1.86 bits per heavy atom. The number of aldehydes is 1. The van der Waals surface area contributed by atoms with Crippen LogP contribution in [0, 0.1) is 0 Å². The molecule has 1 atom stereocenters. The zero-order valence-electron chi connectivity index (χ0n) is 3.30. The standard InChI is InChI=1S/C3H3BrO3/c4-2(1-5)3(6)7/h1-2H,(H,6,7). The van der Waals surface area contributed by atoms with Gasteiger partial charge < -0.3 is 9.90 Å². The Morgan fingerprint density at radius 3 is 2.29 bits per heavy atom. The van der Waals surface area contributed by atoms with E-state index in [2.05, 4.69) is 15.9 Å². The lowest BCUT2D eigenvalue weighted by atomic mass is 10.5. The first-order valence-corrected chi connectivity index (χ1v) is 2.42. The van der Waals surface area contributed by atoms with Crippen molar-refractivity contribution in [1.29, 1.82) is 0 Å². The van der Waals surface area contributed by atoms with Crippen molar-refractivity contribution in [2.24, 2.45) is 0 Å². The van der Waals surface area contributed by atoms with Gasteiger partial charge in [-0.05, 0) is 0 Å². The molecule has 0 aromatic carbocycles. The van der Waals surface area contributed by atoms with Gasteiger partial charge in [0, 0.05) is 0 Å². The Kier molecular flexibility index (Phi) is 2.59. The van der Waals surface area contributed by atoms with Crippen LogP contribution in [0.5, 0.6) is 0 Å². The highest BCUT2D eigenvalue weighted by Crippen LogP contribution is 1.92. The predicted octanol–water partition coefficient (Wildman–Crippen LogP) is 0.0334. The molecule has 0 bridgehead atoms. The summed E-state index contributed by atoms with van der Waals surface area (Å²) in [6.07, 6.45) is 0.308. The van der Waals surface area contributed by atoms with Crippen molar-refractivity contribution < 1.29 is 14.7 Å². The van der Waals surface area contributed by atoms with E-state index in [1.54, 1.807) is 0 Å². The molecule has 0 aliphatic carbocycles. The van der Waals surface area contributed by atoms with Gasteiger partial charge in [-0.3, -0.25) is 4.79 Å². The highest BCUT2D eigenvalue weighted by Gasteiger charge is 2.08. The first kappa shape index (κ1) is 6.62. The van der Waals surface area contributed by atoms with E-state index >= 15 is 0 Å². The van der Waals surface area contributed by atoms with E-state index in [1.807, 2.05) is 0 Å². The maximum Gasteiger partial charge on any atom is 0.324 e. The summed E-state index contributed by atoms with van der Waals surface area (Å²) < 4.78 is 0. The Labute approximate surface area is 48.5 Å². The second-order valence-corrected chi connectivity index (χ2v) is 1.86. The largest absolute Gasteiger partial charge is 0.480 e. The van der Waals surface area contributed by atoms with Crippen LogP contribution >= 0.6 is 15.9 Å². The van der Waals surface area contributed by atoms with Gasteiger partial charge in [-0.15, -0.1) is 0 Å². The summed E-state index contributed by atoms with van der Waals surface area (Å²) in [6.45, 7) is 0. The Morgan fingerprint density at radius 2 is 2.29 bits per heavy atom. The monoisotopic (exact) mass is 166 g/mol. The summed E-state index contributed by atoms with van der Waals surface area (Å²) in [6, 6.07) is 0. The molecule has 0 fully saturated rings. The first-order chi connectivity index (χ1) is 3.18. The molecule has 4 heteroatoms. The van der Waals surface area contributed by atoms with E-state index in [4.69, 9.17) is 5.11 Å². The first-order valence-electron chi connectivity index (χ1n) is 1.50. The molecule has 0 saturated heterocycles. The smallest absolute Gasteiger partial charge is 0.324 e. The molecule has 0 amide bonds. The van der Waals surface area contributed by atoms with Crippen LogP contribution in [0.3, 0.4) is 0 Å². The summed E-state index contributed by atoms with van der Waals surface area (Å²) in [5.74, 6) is -1.16. The van der Waals surface area contributed by atoms with Gasteiger partial charge in [0.15, 0.2) is 4.83 Å². The number of rotatable bonds is 2. The van der Waals surface area contributed by atoms with Crippen LogP contribution < -0.4 is 0 Å². The minimum Gasteiger partial charge on any atom is -0.480 e. The minimum absolute atomic E-state index is 0.308. The molecule has 0 heterocycles. The normalized spacial score (nSPS) is 12.7. The van der Waals surface area contributed by atoms with Crippen molar-refractivity contribution in [1.82, 2.24) is 0 Å². The van der Waals surface area contributed by atoms with E-state index in [1.165, 1.54) is 0 Å². The summed E-state index contributed by atoms with van der Waals surface area (Å²) >= 11 is 2.57. The van der Waals surface area contributed by atoms with Crippen LogP contribution in [0.25, 0.3) is 0 Å². The molecule has 0 aromatic heterocycles. The third-order valence-corrected chi connectivity index (χ3v) is 0.963. The second kappa shape index (κ2) is 2.74. The van der Waals surface area contributed by atoms with Crippen LogP contribution in [0.1, 0.15) is 0 Å². The quantitative estimate of drug-likeness (QED) is 0.358. The maximum atomic E-state index is 9.65. The lowest BCUT2D eigenvalue weighted by Crippen LogP contribution is -2.12. The summed E-state index contributed by atoms with van der Waals surface area (Å²) in [5.41, 5.74) is 0. The third kappa shape index (κ3) is 2.33. The third-order valence-electron chi connectivity index (χ3n) is 0.355. The van der Waals surface area contributed by atoms with Crippen LogP contribution in [0.15, 0.2) is 0 Å². The highest BCUT2D eigenvalue weighted by atomic mass is 79.9. The van der Waals surface area contributed by atoms with E-state index in [9.17, 15) is 9.59 Å². The van der Waals surface area contributed by atoms with Gasteiger partial charge in [0.05, 0.1) is 0 Å². The van der Waals surface area contributed by atoms with E-state index < -0.39 is 10.8 Å². The van der Waals surface area contributed by atoms with Gasteiger partial charge >= 0.3 is 5.97 Å². The molecular weight excluding hydrogens is 164 g/mol. The number of aliphatic carboxylic acids is 1. The van der Waals surface area contributed by atoms with Crippen molar-refractivity contribution in [3.8, 4) is 0 Å². The Balaban J connectivity index is 3.55. The van der Waals surface area contributed by atoms with Gasteiger partial charge in [0.25, 0.3) is 0 Å². The number of carbonyl (C=O) groups is 2. The number of carboxylic acid groups (broad SMARTS) is 1. The summed E-state index contributed by atoms with van der Waals surface area (Å²) in [4.78, 5) is 18.1. The molecule has 0 spiro atoms. The molecule has 0 aromatic rings. The van der Waals surface area contributed by atoms with E-state index in [0.29, 0.717) is 6.29 Å². The average molecular weight is 167 g/mol. The average Bonchev–Trinajstić information content (AvgIpc) is 1.65. The molecule has 0 saturated carbocycles. The fourth-order valence-electron chi connectivity index (χ4n) is 0.0582. The maximum absolute atomic E-state index is 9.65. The van der Waals surface area contributed by atoms with Crippen LogP contribution in [0.4, 0.5) is 0 Å². The van der Waals surface area contributed by atoms with Crippen molar-refractivity contribution in [3.63, 3.8) is 0 Å². The van der Waals surface area contributed by atoms with Gasteiger partial charge in [-0.2, -0.15) is 0 Å². The Hall–Kier alpha value is -0.380. The molecule has 0 aliphatic heterocycles. The molecule has 1 N–H and O–H groups in total. The van der Waals surface area contributed by atoms with Gasteiger partial charge in [-0.25, -0.2) is 0 Å². The second-order valence-electron chi connectivity index (χ2n) is 0.876. The van der Waals surface area contributed by atoms with E-state index in [-0.39, 0.29) is 0 Å². The fraction of sp³-hybridized carbons (Fsp3) is 0.333. The zero-order chi connectivity index (χ0) is 5.86. The Bertz CT molecular complexity index is 90.2. The summed E-state index contributed by atoms with van der Waals surface area (Å²) in [7, 11) is 0.